The summed E-state index contributed by atoms with van der Waals surface area (Å²) in [5.41, 5.74) is 3.95. The Morgan fingerprint density at radius 1 is 1.10 bits per heavy atom. The van der Waals surface area contributed by atoms with Gasteiger partial charge < -0.3 is 9.84 Å². The molecule has 0 bridgehead atoms. The molecule has 0 aliphatic rings. The minimum atomic E-state index is -0.280. The molecule has 0 saturated carbocycles. The summed E-state index contributed by atoms with van der Waals surface area (Å²) in [5.74, 6) is 0.0737. The molecule has 0 atom stereocenters. The minimum absolute atomic E-state index is 0.221. The van der Waals surface area contributed by atoms with E-state index in [1.807, 2.05) is 28.9 Å². The van der Waals surface area contributed by atoms with Crippen molar-refractivity contribution >= 4 is 17.0 Å². The van der Waals surface area contributed by atoms with Gasteiger partial charge in [-0.15, -0.1) is 0 Å². The lowest BCUT2D eigenvalue weighted by Crippen LogP contribution is -2.17. The van der Waals surface area contributed by atoms with Crippen molar-refractivity contribution in [2.45, 2.75) is 72.3 Å². The van der Waals surface area contributed by atoms with E-state index in [0.29, 0.717) is 25.3 Å². The van der Waals surface area contributed by atoms with Crippen LogP contribution in [0, 0.1) is 0 Å². The van der Waals surface area contributed by atoms with Crippen LogP contribution in [-0.4, -0.2) is 32.4 Å². The predicted molar refractivity (Wildman–Crippen MR) is 123 cm³/mol. The lowest BCUT2D eigenvalue weighted by molar-refractivity contribution is -0.141. The number of fused-ring (bicyclic) bond motifs is 1. The van der Waals surface area contributed by atoms with Gasteiger partial charge in [0.2, 0.25) is 0 Å². The lowest BCUT2D eigenvalue weighted by Gasteiger charge is -2.28. The standard InChI is InChI=1S/C25H33N3O3/c1-16(29)31-13-9-12-28-23-18(10-8-11-26-23)21(27-28)17-14-19(24(2,3)4)22(30)20(15-17)25(5,6)7/h8,10-11,14-15,30H,9,12-13H2,1-7H3. The number of carbonyl (C=O) groups excluding carboxylic acids is 1. The van der Waals surface area contributed by atoms with Crippen molar-refractivity contribution in [3.8, 4) is 17.0 Å². The van der Waals surface area contributed by atoms with E-state index in [0.717, 1.165) is 33.4 Å². The number of carbonyl (C=O) groups is 1. The fourth-order valence-corrected chi connectivity index (χ4v) is 3.72. The molecule has 0 aliphatic carbocycles. The highest BCUT2D eigenvalue weighted by molar-refractivity contribution is 5.91. The molecule has 0 fully saturated rings. The van der Waals surface area contributed by atoms with Gasteiger partial charge in [0.1, 0.15) is 11.4 Å². The molecule has 2 heterocycles. The number of aromatic hydroxyl groups is 1. The summed E-state index contributed by atoms with van der Waals surface area (Å²) in [4.78, 5) is 15.6. The summed E-state index contributed by atoms with van der Waals surface area (Å²) in [6.07, 6.45) is 2.41. The largest absolute Gasteiger partial charge is 0.507 e. The molecule has 0 amide bonds. The van der Waals surface area contributed by atoms with Crippen molar-refractivity contribution in [3.05, 3.63) is 41.6 Å². The smallest absolute Gasteiger partial charge is 0.302 e. The average Bonchev–Trinajstić information content (AvgIpc) is 3.02. The van der Waals surface area contributed by atoms with Gasteiger partial charge in [0.15, 0.2) is 5.65 Å². The van der Waals surface area contributed by atoms with Gasteiger partial charge in [0, 0.05) is 48.2 Å². The summed E-state index contributed by atoms with van der Waals surface area (Å²) in [6, 6.07) is 8.02. The Kier molecular flexibility index (Phi) is 6.12. The second kappa shape index (κ2) is 8.33. The number of hydrogen-bond acceptors (Lipinski definition) is 5. The van der Waals surface area contributed by atoms with Gasteiger partial charge in [-0.05, 0) is 35.1 Å². The molecule has 0 radical (unpaired) electrons. The second-order valence-corrected chi connectivity index (χ2v) is 10.1. The van der Waals surface area contributed by atoms with E-state index >= 15 is 0 Å². The van der Waals surface area contributed by atoms with Crippen molar-refractivity contribution in [3.63, 3.8) is 0 Å². The zero-order valence-corrected chi connectivity index (χ0v) is 19.6. The predicted octanol–water partition coefficient (Wildman–Crippen LogP) is 5.35. The van der Waals surface area contributed by atoms with Gasteiger partial charge in [-0.3, -0.25) is 4.79 Å². The maximum absolute atomic E-state index is 11.1. The highest BCUT2D eigenvalue weighted by atomic mass is 16.5. The molecule has 1 N–H and O–H groups in total. The zero-order chi connectivity index (χ0) is 23.0. The summed E-state index contributed by atoms with van der Waals surface area (Å²) >= 11 is 0. The van der Waals surface area contributed by atoms with E-state index in [9.17, 15) is 9.90 Å². The molecule has 0 saturated heterocycles. The maximum Gasteiger partial charge on any atom is 0.302 e. The SMILES string of the molecule is CC(=O)OCCCn1nc(-c2cc(C(C)(C)C)c(O)c(C(C)(C)C)c2)c2cccnc21. The van der Waals surface area contributed by atoms with E-state index in [1.54, 1.807) is 6.20 Å². The van der Waals surface area contributed by atoms with Crippen molar-refractivity contribution in [2.24, 2.45) is 0 Å². The molecule has 6 nitrogen and oxygen atoms in total. The van der Waals surface area contributed by atoms with E-state index in [2.05, 4.69) is 46.5 Å². The first-order valence-corrected chi connectivity index (χ1v) is 10.7. The number of esters is 1. The van der Waals surface area contributed by atoms with Crippen molar-refractivity contribution in [1.29, 1.82) is 0 Å². The van der Waals surface area contributed by atoms with Crippen molar-refractivity contribution in [1.82, 2.24) is 14.8 Å². The molecule has 3 aromatic rings. The van der Waals surface area contributed by atoms with Crippen LogP contribution in [0.15, 0.2) is 30.5 Å². The van der Waals surface area contributed by atoms with Gasteiger partial charge in [-0.2, -0.15) is 5.10 Å². The Balaban J connectivity index is 2.14. The molecule has 0 aliphatic heterocycles. The Labute approximate surface area is 184 Å². The lowest BCUT2D eigenvalue weighted by atomic mass is 9.78. The number of pyridine rings is 1. The van der Waals surface area contributed by atoms with Crippen LogP contribution < -0.4 is 0 Å². The van der Waals surface area contributed by atoms with Crippen LogP contribution in [0.2, 0.25) is 0 Å². The Morgan fingerprint density at radius 3 is 2.26 bits per heavy atom. The van der Waals surface area contributed by atoms with Gasteiger partial charge in [-0.1, -0.05) is 41.5 Å². The van der Waals surface area contributed by atoms with Crippen molar-refractivity contribution < 1.29 is 14.6 Å². The minimum Gasteiger partial charge on any atom is -0.507 e. The topological polar surface area (TPSA) is 77.2 Å². The quantitative estimate of drug-likeness (QED) is 0.442. The zero-order valence-electron chi connectivity index (χ0n) is 19.6. The van der Waals surface area contributed by atoms with Crippen molar-refractivity contribution in [2.75, 3.05) is 6.61 Å². The number of aryl methyl sites for hydroxylation is 1. The van der Waals surface area contributed by atoms with E-state index in [-0.39, 0.29) is 16.8 Å². The first-order chi connectivity index (χ1) is 14.4. The fourth-order valence-electron chi connectivity index (χ4n) is 3.72. The summed E-state index contributed by atoms with van der Waals surface area (Å²) in [5, 5.41) is 16.9. The number of hydrogen-bond donors (Lipinski definition) is 1. The molecule has 1 aromatic carbocycles. The number of phenolic OH excluding ortho intramolecular Hbond substituents is 1. The van der Waals surface area contributed by atoms with Crippen LogP contribution in [-0.2, 0) is 26.9 Å². The highest BCUT2D eigenvalue weighted by Crippen LogP contribution is 2.42. The summed E-state index contributed by atoms with van der Waals surface area (Å²) in [6.45, 7) is 15.0. The van der Waals surface area contributed by atoms with Gasteiger partial charge in [-0.25, -0.2) is 9.67 Å². The highest BCUT2D eigenvalue weighted by Gasteiger charge is 2.28. The van der Waals surface area contributed by atoms with Crippen LogP contribution in [0.4, 0.5) is 0 Å². The molecule has 6 heteroatoms. The van der Waals surface area contributed by atoms with Crippen LogP contribution in [0.3, 0.4) is 0 Å². The first kappa shape index (κ1) is 22.8. The third-order valence-corrected chi connectivity index (χ3v) is 5.33. The number of benzene rings is 1. The van der Waals surface area contributed by atoms with Crippen LogP contribution >= 0.6 is 0 Å². The van der Waals surface area contributed by atoms with Crippen LogP contribution in [0.5, 0.6) is 5.75 Å². The molecule has 166 valence electrons. The first-order valence-electron chi connectivity index (χ1n) is 10.7. The Morgan fingerprint density at radius 2 is 1.71 bits per heavy atom. The van der Waals surface area contributed by atoms with Crippen LogP contribution in [0.25, 0.3) is 22.3 Å². The van der Waals surface area contributed by atoms with Gasteiger partial charge in [0.05, 0.1) is 6.61 Å². The second-order valence-electron chi connectivity index (χ2n) is 10.1. The van der Waals surface area contributed by atoms with Gasteiger partial charge >= 0.3 is 5.97 Å². The number of nitrogens with zero attached hydrogens (tertiary/aromatic N) is 3. The summed E-state index contributed by atoms with van der Waals surface area (Å²) in [7, 11) is 0. The van der Waals surface area contributed by atoms with E-state index < -0.39 is 0 Å². The monoisotopic (exact) mass is 423 g/mol. The molecular weight excluding hydrogens is 390 g/mol. The van der Waals surface area contributed by atoms with Crippen LogP contribution in [0.1, 0.15) is 66.0 Å². The number of aromatic nitrogens is 3. The molecule has 3 rings (SSSR count). The fraction of sp³-hybridized carbons (Fsp3) is 0.480. The normalized spacial score (nSPS) is 12.4. The maximum atomic E-state index is 11.1. The molecular formula is C25H33N3O3. The summed E-state index contributed by atoms with van der Waals surface area (Å²) < 4.78 is 6.93. The molecule has 31 heavy (non-hydrogen) atoms. The average molecular weight is 424 g/mol. The van der Waals surface area contributed by atoms with E-state index in [1.165, 1.54) is 6.92 Å². The number of rotatable bonds is 5. The Bertz CT molecular complexity index is 1070. The molecule has 0 unspecified atom stereocenters. The third-order valence-electron chi connectivity index (χ3n) is 5.33. The number of ether oxygens (including phenoxy) is 1. The molecule has 0 spiro atoms. The third kappa shape index (κ3) is 4.89. The molecule has 2 aromatic heterocycles. The number of phenols is 1. The van der Waals surface area contributed by atoms with Gasteiger partial charge in [0.25, 0.3) is 0 Å². The Hall–Kier alpha value is -2.89. The van der Waals surface area contributed by atoms with E-state index in [4.69, 9.17) is 9.84 Å².